The second-order valence-corrected chi connectivity index (χ2v) is 2.18. The molecule has 0 amide bonds. The molecule has 1 aliphatic rings. The van der Waals surface area contributed by atoms with E-state index in [1.807, 2.05) is 6.07 Å². The molecule has 2 heterocycles. The zero-order chi connectivity index (χ0) is 6.97. The van der Waals surface area contributed by atoms with E-state index < -0.39 is 0 Å². The van der Waals surface area contributed by atoms with E-state index in [1.54, 1.807) is 12.3 Å². The summed E-state index contributed by atoms with van der Waals surface area (Å²) < 4.78 is 0.863. The van der Waals surface area contributed by atoms with Gasteiger partial charge in [-0.1, -0.05) is 0 Å². The van der Waals surface area contributed by atoms with E-state index in [0.29, 0.717) is 6.42 Å². The minimum Gasteiger partial charge on any atom is -0.618 e. The number of fused-ring (bicyclic) bond motifs is 1. The number of nitrogens with zero attached hydrogens (tertiary/aromatic N) is 2. The van der Waals surface area contributed by atoms with Crippen molar-refractivity contribution in [3.05, 3.63) is 29.2 Å². The summed E-state index contributed by atoms with van der Waals surface area (Å²) >= 11 is 0. The first-order chi connectivity index (χ1) is 4.88. The molecule has 3 nitrogen and oxygen atoms in total. The van der Waals surface area contributed by atoms with Crippen LogP contribution in [0.2, 0.25) is 0 Å². The second kappa shape index (κ2) is 1.80. The van der Waals surface area contributed by atoms with Crippen molar-refractivity contribution in [3.8, 4) is 0 Å². The summed E-state index contributed by atoms with van der Waals surface area (Å²) in [5, 5.41) is 10.9. The molecule has 0 fully saturated rings. The molecular weight excluding hydrogens is 128 g/mol. The third-order valence-corrected chi connectivity index (χ3v) is 1.55. The Labute approximate surface area is 58.2 Å². The Morgan fingerprint density at radius 1 is 1.60 bits per heavy atom. The molecule has 0 atom stereocenters. The van der Waals surface area contributed by atoms with Gasteiger partial charge in [0.1, 0.15) is 5.69 Å². The number of aromatic nitrogens is 1. The van der Waals surface area contributed by atoms with Crippen LogP contribution in [0.5, 0.6) is 0 Å². The van der Waals surface area contributed by atoms with Gasteiger partial charge in [-0.25, -0.2) is 0 Å². The highest BCUT2D eigenvalue weighted by molar-refractivity contribution is 5.73. The Morgan fingerprint density at radius 3 is 3.30 bits per heavy atom. The number of hydrogen-bond acceptors (Lipinski definition) is 2. The Kier molecular flexibility index (Phi) is 0.974. The van der Waals surface area contributed by atoms with Crippen molar-refractivity contribution in [1.82, 2.24) is 0 Å². The van der Waals surface area contributed by atoms with Crippen LogP contribution < -0.4 is 4.73 Å². The number of hydrogen-bond donors (Lipinski definition) is 0. The highest BCUT2D eigenvalue weighted by Gasteiger charge is 2.13. The standard InChI is InChI=1S/C7H6N2O/c10-9-5-1-2-6-7(9)3-4-8-6/h1-2,4-5H,3H2. The summed E-state index contributed by atoms with van der Waals surface area (Å²) in [5.74, 6) is 0. The third kappa shape index (κ3) is 0.603. The highest BCUT2D eigenvalue weighted by Crippen LogP contribution is 2.18. The van der Waals surface area contributed by atoms with Crippen LogP contribution in [0.4, 0.5) is 5.69 Å². The van der Waals surface area contributed by atoms with Gasteiger partial charge in [0.2, 0.25) is 5.69 Å². The maximum atomic E-state index is 10.9. The van der Waals surface area contributed by atoms with Gasteiger partial charge in [0.05, 0.1) is 6.42 Å². The summed E-state index contributed by atoms with van der Waals surface area (Å²) in [6, 6.07) is 3.54. The molecule has 2 rings (SSSR count). The van der Waals surface area contributed by atoms with Crippen LogP contribution in [0.25, 0.3) is 0 Å². The lowest BCUT2D eigenvalue weighted by Crippen LogP contribution is -2.30. The maximum Gasteiger partial charge on any atom is 0.223 e. The first-order valence-corrected chi connectivity index (χ1v) is 3.11. The van der Waals surface area contributed by atoms with Crippen LogP contribution >= 0.6 is 0 Å². The molecule has 0 radical (unpaired) electrons. The van der Waals surface area contributed by atoms with E-state index in [1.165, 1.54) is 6.20 Å². The molecule has 0 bridgehead atoms. The Bertz CT molecular complexity index is 294. The van der Waals surface area contributed by atoms with Crippen molar-refractivity contribution >= 4 is 11.9 Å². The molecular formula is C7H6N2O. The monoisotopic (exact) mass is 134 g/mol. The zero-order valence-corrected chi connectivity index (χ0v) is 5.32. The van der Waals surface area contributed by atoms with Crippen LogP contribution in [0.1, 0.15) is 5.69 Å². The fourth-order valence-corrected chi connectivity index (χ4v) is 1.05. The Hall–Kier alpha value is -1.38. The number of rotatable bonds is 0. The SMILES string of the molecule is [O-][n+]1cccc2c1CC=N2. The summed E-state index contributed by atoms with van der Waals surface area (Å²) in [5.41, 5.74) is 1.56. The number of pyridine rings is 1. The van der Waals surface area contributed by atoms with Gasteiger partial charge in [-0.05, 0) is 6.07 Å². The third-order valence-electron chi connectivity index (χ3n) is 1.55. The molecule has 0 unspecified atom stereocenters. The van der Waals surface area contributed by atoms with E-state index in [2.05, 4.69) is 4.99 Å². The summed E-state index contributed by atoms with van der Waals surface area (Å²) in [4.78, 5) is 4.01. The molecule has 1 aromatic heterocycles. The van der Waals surface area contributed by atoms with Crippen LogP contribution in [0.15, 0.2) is 23.3 Å². The van der Waals surface area contributed by atoms with Gasteiger partial charge in [0, 0.05) is 12.3 Å². The first-order valence-electron chi connectivity index (χ1n) is 3.11. The molecule has 0 spiro atoms. The quantitative estimate of drug-likeness (QED) is 0.378. The lowest BCUT2D eigenvalue weighted by atomic mass is 10.3. The average molecular weight is 134 g/mol. The van der Waals surface area contributed by atoms with Crippen LogP contribution in [0.3, 0.4) is 0 Å². The normalized spacial score (nSPS) is 13.6. The van der Waals surface area contributed by atoms with Crippen molar-refractivity contribution in [3.63, 3.8) is 0 Å². The maximum absolute atomic E-state index is 10.9. The van der Waals surface area contributed by atoms with E-state index in [4.69, 9.17) is 0 Å². The molecule has 0 saturated heterocycles. The summed E-state index contributed by atoms with van der Waals surface area (Å²) in [6.07, 6.45) is 3.91. The molecule has 50 valence electrons. The predicted molar refractivity (Wildman–Crippen MR) is 37.3 cm³/mol. The molecule has 0 aliphatic carbocycles. The van der Waals surface area contributed by atoms with Crippen molar-refractivity contribution in [1.29, 1.82) is 0 Å². The lowest BCUT2D eigenvalue weighted by Gasteiger charge is -1.98. The molecule has 1 aromatic rings. The van der Waals surface area contributed by atoms with Gasteiger partial charge >= 0.3 is 0 Å². The van der Waals surface area contributed by atoms with Gasteiger partial charge in [-0.15, -0.1) is 0 Å². The van der Waals surface area contributed by atoms with E-state index in [0.717, 1.165) is 16.1 Å². The van der Waals surface area contributed by atoms with Crippen LogP contribution in [-0.4, -0.2) is 6.21 Å². The molecule has 3 heteroatoms. The molecule has 0 aromatic carbocycles. The fourth-order valence-electron chi connectivity index (χ4n) is 1.05. The average Bonchev–Trinajstić information content (AvgIpc) is 2.36. The summed E-state index contributed by atoms with van der Waals surface area (Å²) in [7, 11) is 0. The van der Waals surface area contributed by atoms with Crippen molar-refractivity contribution < 1.29 is 4.73 Å². The Morgan fingerprint density at radius 2 is 2.50 bits per heavy atom. The van der Waals surface area contributed by atoms with E-state index >= 15 is 0 Å². The highest BCUT2D eigenvalue weighted by atomic mass is 16.5. The predicted octanol–water partition coefficient (Wildman–Crippen LogP) is 0.578. The van der Waals surface area contributed by atoms with Crippen molar-refractivity contribution in [2.24, 2.45) is 4.99 Å². The lowest BCUT2D eigenvalue weighted by molar-refractivity contribution is -0.612. The topological polar surface area (TPSA) is 39.3 Å². The van der Waals surface area contributed by atoms with Gasteiger partial charge in [-0.3, -0.25) is 4.99 Å². The smallest absolute Gasteiger partial charge is 0.223 e. The largest absolute Gasteiger partial charge is 0.618 e. The van der Waals surface area contributed by atoms with Crippen LogP contribution in [-0.2, 0) is 6.42 Å². The van der Waals surface area contributed by atoms with Gasteiger partial charge < -0.3 is 5.21 Å². The second-order valence-electron chi connectivity index (χ2n) is 2.18. The van der Waals surface area contributed by atoms with Gasteiger partial charge in [0.15, 0.2) is 6.20 Å². The molecule has 10 heavy (non-hydrogen) atoms. The van der Waals surface area contributed by atoms with Crippen LogP contribution in [0, 0.1) is 5.21 Å². The van der Waals surface area contributed by atoms with Crippen molar-refractivity contribution in [2.45, 2.75) is 6.42 Å². The zero-order valence-electron chi connectivity index (χ0n) is 5.32. The Balaban J connectivity index is 2.66. The molecule has 0 N–H and O–H groups in total. The van der Waals surface area contributed by atoms with E-state index in [9.17, 15) is 5.21 Å². The fraction of sp³-hybridized carbons (Fsp3) is 0.143. The minimum atomic E-state index is 0.666. The first kappa shape index (κ1) is 5.41. The van der Waals surface area contributed by atoms with Gasteiger partial charge in [0.25, 0.3) is 0 Å². The minimum absolute atomic E-state index is 0.666. The number of aliphatic imine (C=N–C) groups is 1. The summed E-state index contributed by atoms with van der Waals surface area (Å²) in [6.45, 7) is 0. The van der Waals surface area contributed by atoms with Crippen molar-refractivity contribution in [2.75, 3.05) is 0 Å². The van der Waals surface area contributed by atoms with E-state index in [-0.39, 0.29) is 0 Å². The molecule has 1 aliphatic heterocycles. The van der Waals surface area contributed by atoms with Gasteiger partial charge in [-0.2, -0.15) is 4.73 Å². The molecule has 0 saturated carbocycles.